The molecule has 1 heterocycles. The van der Waals surface area contributed by atoms with E-state index in [4.69, 9.17) is 14.5 Å². The zero-order valence-corrected chi connectivity index (χ0v) is 26.2. The summed E-state index contributed by atoms with van der Waals surface area (Å²) >= 11 is 0. The third-order valence-electron chi connectivity index (χ3n) is 8.74. The molecule has 4 heteroatoms. The molecule has 4 nitrogen and oxygen atoms in total. The minimum absolute atomic E-state index is 0.135. The van der Waals surface area contributed by atoms with Gasteiger partial charge in [0.25, 0.3) is 0 Å². The van der Waals surface area contributed by atoms with Crippen molar-refractivity contribution in [3.63, 3.8) is 0 Å². The lowest BCUT2D eigenvalue weighted by Gasteiger charge is -2.38. The second-order valence-electron chi connectivity index (χ2n) is 12.5. The summed E-state index contributed by atoms with van der Waals surface area (Å²) in [4.78, 5) is 26.2. The molecule has 0 amide bonds. The predicted molar refractivity (Wildman–Crippen MR) is 162 cm³/mol. The highest BCUT2D eigenvalue weighted by molar-refractivity contribution is 5.79. The minimum Gasteiger partial charge on any atom is -0.454 e. The molecule has 39 heavy (non-hydrogen) atoms. The van der Waals surface area contributed by atoms with Gasteiger partial charge in [0, 0.05) is 6.42 Å². The first kappa shape index (κ1) is 33.8. The van der Waals surface area contributed by atoms with E-state index in [0.29, 0.717) is 0 Å². The fourth-order valence-corrected chi connectivity index (χ4v) is 6.00. The molecule has 0 bridgehead atoms. The van der Waals surface area contributed by atoms with Gasteiger partial charge in [-0.1, -0.05) is 154 Å². The van der Waals surface area contributed by atoms with Gasteiger partial charge in [-0.2, -0.15) is 9.78 Å². The molecule has 0 N–H and O–H groups in total. The van der Waals surface area contributed by atoms with Crippen LogP contribution in [0.3, 0.4) is 0 Å². The van der Waals surface area contributed by atoms with Gasteiger partial charge in [-0.25, -0.2) is 0 Å². The standard InChI is InChI=1S/C35H60O4/c1-6-9-12-15-18-23-28-34(29-24-19-16-13-10-7-2,35(38-39-35)30-25-17-14-11-8-3)32(36)37-33(4,5)31-26-21-20-22-27-31/h20-22,26-27H,6-19,23-25,28-30H2,1-5H3. The van der Waals surface area contributed by atoms with Crippen LogP contribution in [0.15, 0.2) is 30.3 Å². The number of benzene rings is 1. The second kappa shape index (κ2) is 18.1. The SMILES string of the molecule is CCCCCCCCC(CCCCCCCC)(C(=O)OC(C)(C)c1ccccc1)C1(CCCCCCC)OO1. The summed E-state index contributed by atoms with van der Waals surface area (Å²) in [5.41, 5.74) is -0.472. The number of ether oxygens (including phenoxy) is 1. The average Bonchev–Trinajstić information content (AvgIpc) is 3.72. The molecule has 0 spiro atoms. The molecule has 0 aromatic heterocycles. The molecule has 1 fully saturated rings. The lowest BCUT2D eigenvalue weighted by atomic mass is 9.70. The van der Waals surface area contributed by atoms with Crippen LogP contribution in [0.2, 0.25) is 0 Å². The van der Waals surface area contributed by atoms with E-state index in [-0.39, 0.29) is 5.97 Å². The Morgan fingerprint density at radius 2 is 1.10 bits per heavy atom. The lowest BCUT2D eigenvalue weighted by molar-refractivity contribution is -0.178. The summed E-state index contributed by atoms with van der Waals surface area (Å²) in [6, 6.07) is 10.1. The molecule has 0 unspecified atom stereocenters. The maximum atomic E-state index is 14.4. The highest BCUT2D eigenvalue weighted by Crippen LogP contribution is 2.56. The fourth-order valence-electron chi connectivity index (χ4n) is 6.00. The number of carbonyl (C=O) groups excluding carboxylic acids is 1. The monoisotopic (exact) mass is 544 g/mol. The van der Waals surface area contributed by atoms with E-state index in [2.05, 4.69) is 20.8 Å². The van der Waals surface area contributed by atoms with Crippen molar-refractivity contribution in [2.75, 3.05) is 0 Å². The van der Waals surface area contributed by atoms with Crippen molar-refractivity contribution in [2.24, 2.45) is 5.41 Å². The van der Waals surface area contributed by atoms with Gasteiger partial charge >= 0.3 is 5.97 Å². The van der Waals surface area contributed by atoms with Gasteiger partial charge in [-0.05, 0) is 38.7 Å². The maximum absolute atomic E-state index is 14.4. The molecule has 1 aromatic carbocycles. The third-order valence-corrected chi connectivity index (χ3v) is 8.74. The Morgan fingerprint density at radius 1 is 0.667 bits per heavy atom. The van der Waals surface area contributed by atoms with Crippen molar-refractivity contribution < 1.29 is 19.3 Å². The summed E-state index contributed by atoms with van der Waals surface area (Å²) in [6.45, 7) is 10.8. The Balaban J connectivity index is 2.26. The summed E-state index contributed by atoms with van der Waals surface area (Å²) in [5, 5.41) is 0. The van der Waals surface area contributed by atoms with Crippen molar-refractivity contribution in [1.29, 1.82) is 0 Å². The molecule has 2 rings (SSSR count). The third kappa shape index (κ3) is 10.8. The topological polar surface area (TPSA) is 51.4 Å². The smallest absolute Gasteiger partial charge is 0.318 e. The minimum atomic E-state index is -0.837. The van der Waals surface area contributed by atoms with E-state index in [1.54, 1.807) is 0 Å². The van der Waals surface area contributed by atoms with E-state index >= 15 is 0 Å². The molecule has 1 aliphatic heterocycles. The van der Waals surface area contributed by atoms with Gasteiger partial charge in [0.05, 0.1) is 0 Å². The first-order valence-corrected chi connectivity index (χ1v) is 16.5. The molecule has 0 saturated carbocycles. The van der Waals surface area contributed by atoms with Crippen molar-refractivity contribution in [2.45, 2.75) is 174 Å². The van der Waals surface area contributed by atoms with E-state index in [0.717, 1.165) is 63.4 Å². The number of esters is 1. The van der Waals surface area contributed by atoms with Crippen LogP contribution in [0.4, 0.5) is 0 Å². The van der Waals surface area contributed by atoms with Crippen LogP contribution in [-0.4, -0.2) is 11.8 Å². The van der Waals surface area contributed by atoms with Crippen molar-refractivity contribution in [1.82, 2.24) is 0 Å². The predicted octanol–water partition coefficient (Wildman–Crippen LogP) is 11.0. The maximum Gasteiger partial charge on any atom is 0.318 e. The number of hydrogen-bond acceptors (Lipinski definition) is 4. The van der Waals surface area contributed by atoms with Gasteiger partial charge in [0.2, 0.25) is 5.79 Å². The van der Waals surface area contributed by atoms with Crippen LogP contribution in [0.5, 0.6) is 0 Å². The number of hydrogen-bond donors (Lipinski definition) is 0. The molecular formula is C35H60O4. The Labute approximate surface area is 240 Å². The molecule has 1 aromatic rings. The molecule has 0 radical (unpaired) electrons. The van der Waals surface area contributed by atoms with Crippen LogP contribution in [0.1, 0.15) is 169 Å². The van der Waals surface area contributed by atoms with E-state index < -0.39 is 16.8 Å². The zero-order valence-electron chi connectivity index (χ0n) is 26.2. The largest absolute Gasteiger partial charge is 0.454 e. The zero-order chi connectivity index (χ0) is 28.5. The number of carbonyl (C=O) groups is 1. The van der Waals surface area contributed by atoms with Gasteiger partial charge in [0.15, 0.2) is 0 Å². The molecule has 1 aliphatic rings. The number of rotatable bonds is 24. The molecule has 0 aliphatic carbocycles. The second-order valence-corrected chi connectivity index (χ2v) is 12.5. The molecule has 224 valence electrons. The summed E-state index contributed by atoms with van der Waals surface area (Å²) in [7, 11) is 0. The highest BCUT2D eigenvalue weighted by atomic mass is 17.4. The van der Waals surface area contributed by atoms with Crippen LogP contribution in [0.25, 0.3) is 0 Å². The first-order chi connectivity index (χ1) is 18.9. The van der Waals surface area contributed by atoms with E-state index in [1.807, 2.05) is 44.2 Å². The van der Waals surface area contributed by atoms with Gasteiger partial charge in [-0.3, -0.25) is 4.79 Å². The van der Waals surface area contributed by atoms with Gasteiger partial charge < -0.3 is 4.74 Å². The van der Waals surface area contributed by atoms with E-state index in [1.165, 1.54) is 70.6 Å². The fraction of sp³-hybridized carbons (Fsp3) is 0.800. The van der Waals surface area contributed by atoms with Crippen LogP contribution in [-0.2, 0) is 24.9 Å². The van der Waals surface area contributed by atoms with Crippen molar-refractivity contribution >= 4 is 5.97 Å². The van der Waals surface area contributed by atoms with Gasteiger partial charge in [-0.15, -0.1) is 0 Å². The molecular weight excluding hydrogens is 484 g/mol. The van der Waals surface area contributed by atoms with Crippen molar-refractivity contribution in [3.8, 4) is 0 Å². The number of unbranched alkanes of at least 4 members (excludes halogenated alkanes) is 14. The lowest BCUT2D eigenvalue weighted by Crippen LogP contribution is -2.48. The summed E-state index contributed by atoms with van der Waals surface area (Å²) < 4.78 is 6.45. The molecule has 1 saturated heterocycles. The highest BCUT2D eigenvalue weighted by Gasteiger charge is 2.68. The van der Waals surface area contributed by atoms with E-state index in [9.17, 15) is 4.79 Å². The Hall–Kier alpha value is -1.39. The Morgan fingerprint density at radius 3 is 1.56 bits per heavy atom. The normalized spacial score (nSPS) is 14.9. The molecule has 0 atom stereocenters. The van der Waals surface area contributed by atoms with Crippen LogP contribution in [0, 0.1) is 5.41 Å². The Kier molecular flexibility index (Phi) is 15.7. The summed E-state index contributed by atoms with van der Waals surface area (Å²) in [6.07, 6.45) is 22.5. The average molecular weight is 545 g/mol. The van der Waals surface area contributed by atoms with Gasteiger partial charge in [0.1, 0.15) is 11.0 Å². The first-order valence-electron chi connectivity index (χ1n) is 16.5. The summed E-state index contributed by atoms with van der Waals surface area (Å²) in [5.74, 6) is -0.972. The Bertz CT molecular complexity index is 752. The van der Waals surface area contributed by atoms with Crippen LogP contribution >= 0.6 is 0 Å². The van der Waals surface area contributed by atoms with Crippen molar-refractivity contribution in [3.05, 3.63) is 35.9 Å². The van der Waals surface area contributed by atoms with Crippen LogP contribution < -0.4 is 0 Å². The quantitative estimate of drug-likeness (QED) is 0.0562.